The number of ether oxygens (including phenoxy) is 1. The summed E-state index contributed by atoms with van der Waals surface area (Å²) < 4.78 is 31.7. The zero-order valence-electron chi connectivity index (χ0n) is 20.8. The molecule has 0 atom stereocenters. The zero-order chi connectivity index (χ0) is 26.2. The van der Waals surface area contributed by atoms with Gasteiger partial charge < -0.3 is 10.1 Å². The van der Waals surface area contributed by atoms with E-state index in [1.54, 1.807) is 6.20 Å². The Morgan fingerprint density at radius 2 is 1.95 bits per heavy atom. The lowest BCUT2D eigenvalue weighted by atomic mass is 10.1. The molecule has 10 nitrogen and oxygen atoms in total. The predicted molar refractivity (Wildman–Crippen MR) is 143 cm³/mol. The molecule has 0 unspecified atom stereocenters. The van der Waals surface area contributed by atoms with Crippen LogP contribution in [0.25, 0.3) is 10.2 Å². The summed E-state index contributed by atoms with van der Waals surface area (Å²) in [6, 6.07) is 7.96. The third-order valence-electron chi connectivity index (χ3n) is 6.36. The molecule has 0 amide bonds. The lowest BCUT2D eigenvalue weighted by Crippen LogP contribution is -2.39. The van der Waals surface area contributed by atoms with E-state index in [-0.39, 0.29) is 6.04 Å². The Morgan fingerprint density at radius 3 is 2.59 bits per heavy atom. The van der Waals surface area contributed by atoms with Crippen LogP contribution in [0.15, 0.2) is 36.1 Å². The first-order chi connectivity index (χ1) is 17.7. The van der Waals surface area contributed by atoms with Gasteiger partial charge in [0.15, 0.2) is 0 Å². The number of nitrogens with one attached hydrogen (secondary N) is 1. The van der Waals surface area contributed by atoms with Gasteiger partial charge in [0, 0.05) is 31.9 Å². The minimum Gasteiger partial charge on any atom is -0.437 e. The molecule has 4 heterocycles. The van der Waals surface area contributed by atoms with Crippen LogP contribution in [0.3, 0.4) is 0 Å². The highest BCUT2D eigenvalue weighted by Crippen LogP contribution is 2.35. The van der Waals surface area contributed by atoms with E-state index in [0.29, 0.717) is 29.7 Å². The van der Waals surface area contributed by atoms with Crippen LogP contribution in [0.1, 0.15) is 35.2 Å². The predicted octanol–water partition coefficient (Wildman–Crippen LogP) is 4.05. The third kappa shape index (κ3) is 5.58. The normalized spacial score (nSPS) is 15.1. The van der Waals surface area contributed by atoms with E-state index in [2.05, 4.69) is 21.3 Å². The number of anilines is 1. The molecule has 4 aromatic rings. The van der Waals surface area contributed by atoms with Crippen molar-refractivity contribution >= 4 is 37.5 Å². The second kappa shape index (κ2) is 10.1. The number of thiophene rings is 1. The largest absolute Gasteiger partial charge is 0.437 e. The average molecular weight is 538 g/mol. The van der Waals surface area contributed by atoms with Crippen LogP contribution in [0, 0.1) is 25.2 Å². The fourth-order valence-electron chi connectivity index (χ4n) is 4.50. The lowest BCUT2D eigenvalue weighted by Gasteiger charge is -2.31. The van der Waals surface area contributed by atoms with Gasteiger partial charge in [-0.15, -0.1) is 11.3 Å². The highest BCUT2D eigenvalue weighted by atomic mass is 32.2. The van der Waals surface area contributed by atoms with Crippen LogP contribution in [-0.4, -0.2) is 57.6 Å². The van der Waals surface area contributed by atoms with Gasteiger partial charge in [-0.2, -0.15) is 10.2 Å². The van der Waals surface area contributed by atoms with Crippen LogP contribution in [0.4, 0.5) is 5.95 Å². The number of fused-ring (bicyclic) bond motifs is 1. The SMILES string of the molecule is Cc1cc(C#N)cc(C)c1Oc1nc(NC2CCN(Cc3cn(S(C)(=O)=O)cn3)CC2)nc2ccsc12. The summed E-state index contributed by atoms with van der Waals surface area (Å²) in [5.41, 5.74) is 3.91. The number of likely N-dealkylation sites (tertiary alicyclic amines) is 1. The number of rotatable bonds is 7. The van der Waals surface area contributed by atoms with Crippen LogP contribution < -0.4 is 10.1 Å². The summed E-state index contributed by atoms with van der Waals surface area (Å²) in [5, 5.41) is 14.7. The third-order valence-corrected chi connectivity index (χ3v) is 8.22. The highest BCUT2D eigenvalue weighted by molar-refractivity contribution is 7.89. The Kier molecular flexibility index (Phi) is 6.85. The van der Waals surface area contributed by atoms with E-state index in [9.17, 15) is 13.7 Å². The number of aromatic nitrogens is 4. The van der Waals surface area contributed by atoms with Gasteiger partial charge in [-0.25, -0.2) is 22.4 Å². The molecule has 1 aliphatic heterocycles. The number of piperidine rings is 1. The number of nitrogens with zero attached hydrogens (tertiary/aromatic N) is 6. The maximum Gasteiger partial charge on any atom is 0.242 e. The Balaban J connectivity index is 1.27. The number of hydrogen-bond acceptors (Lipinski definition) is 10. The second-order valence-corrected chi connectivity index (χ2v) is 12.1. The number of benzene rings is 1. The average Bonchev–Trinajstić information content (AvgIpc) is 3.52. The topological polar surface area (TPSA) is 126 Å². The minimum atomic E-state index is -3.32. The summed E-state index contributed by atoms with van der Waals surface area (Å²) in [5.74, 6) is 1.72. The molecule has 37 heavy (non-hydrogen) atoms. The Morgan fingerprint density at radius 1 is 1.22 bits per heavy atom. The Labute approximate surface area is 219 Å². The molecule has 1 N–H and O–H groups in total. The van der Waals surface area contributed by atoms with Gasteiger partial charge in [0.05, 0.1) is 29.1 Å². The maximum atomic E-state index is 11.7. The zero-order valence-corrected chi connectivity index (χ0v) is 22.4. The molecule has 1 fully saturated rings. The molecule has 1 aliphatic rings. The van der Waals surface area contributed by atoms with E-state index >= 15 is 0 Å². The number of nitriles is 1. The van der Waals surface area contributed by atoms with Crippen LogP contribution >= 0.6 is 11.3 Å². The smallest absolute Gasteiger partial charge is 0.242 e. The molecule has 0 bridgehead atoms. The standard InChI is InChI=1S/C25H27N7O3S2/c1-16-10-18(12-26)11-17(2)22(16)35-24-23-21(6-9-36-23)29-25(30-24)28-19-4-7-31(8-5-19)13-20-14-32(15-27-20)37(3,33)34/h6,9-11,14-15,19H,4-5,7-8,13H2,1-3H3,(H,28,29,30). The Bertz CT molecular complexity index is 1570. The molecule has 12 heteroatoms. The van der Waals surface area contributed by atoms with Crippen LogP contribution in [0.2, 0.25) is 0 Å². The van der Waals surface area contributed by atoms with Crippen molar-refractivity contribution in [3.63, 3.8) is 0 Å². The first-order valence-corrected chi connectivity index (χ1v) is 14.6. The van der Waals surface area contributed by atoms with E-state index in [4.69, 9.17) is 14.7 Å². The second-order valence-electron chi connectivity index (χ2n) is 9.29. The van der Waals surface area contributed by atoms with Crippen molar-refractivity contribution in [2.75, 3.05) is 24.7 Å². The molecule has 0 radical (unpaired) electrons. The van der Waals surface area contributed by atoms with E-state index in [0.717, 1.165) is 63.2 Å². The first-order valence-electron chi connectivity index (χ1n) is 11.9. The highest BCUT2D eigenvalue weighted by Gasteiger charge is 2.22. The molecule has 5 rings (SSSR count). The molecule has 1 saturated heterocycles. The number of hydrogen-bond donors (Lipinski definition) is 1. The molecule has 0 aliphatic carbocycles. The quantitative estimate of drug-likeness (QED) is 0.371. The maximum absolute atomic E-state index is 11.7. The molecular weight excluding hydrogens is 510 g/mol. The van der Waals surface area contributed by atoms with Gasteiger partial charge in [0.25, 0.3) is 0 Å². The molecule has 1 aromatic carbocycles. The first kappa shape index (κ1) is 25.1. The molecule has 0 saturated carbocycles. The van der Waals surface area contributed by atoms with Gasteiger partial charge in [-0.3, -0.25) is 4.90 Å². The summed E-state index contributed by atoms with van der Waals surface area (Å²) in [4.78, 5) is 15.9. The van der Waals surface area contributed by atoms with Gasteiger partial charge in [0.2, 0.25) is 21.9 Å². The summed E-state index contributed by atoms with van der Waals surface area (Å²) in [6.07, 6.45) is 5.86. The van der Waals surface area contributed by atoms with Gasteiger partial charge in [-0.1, -0.05) is 0 Å². The van der Waals surface area contributed by atoms with Gasteiger partial charge in [0.1, 0.15) is 16.8 Å². The summed E-state index contributed by atoms with van der Waals surface area (Å²) in [7, 11) is -3.32. The Hall–Kier alpha value is -3.53. The summed E-state index contributed by atoms with van der Waals surface area (Å²) in [6.45, 7) is 6.14. The van der Waals surface area contributed by atoms with E-state index in [1.807, 2.05) is 37.4 Å². The van der Waals surface area contributed by atoms with Gasteiger partial charge >= 0.3 is 0 Å². The fourth-order valence-corrected chi connectivity index (χ4v) is 5.78. The van der Waals surface area contributed by atoms with Gasteiger partial charge in [-0.05, 0) is 61.4 Å². The van der Waals surface area contributed by atoms with Crippen molar-refractivity contribution in [2.45, 2.75) is 39.3 Å². The number of imidazole rings is 1. The van der Waals surface area contributed by atoms with Crippen molar-refractivity contribution in [1.82, 2.24) is 23.8 Å². The fraction of sp³-hybridized carbons (Fsp3) is 0.360. The van der Waals surface area contributed by atoms with E-state index < -0.39 is 10.0 Å². The van der Waals surface area contributed by atoms with Crippen molar-refractivity contribution in [1.29, 1.82) is 5.26 Å². The minimum absolute atomic E-state index is 0.201. The van der Waals surface area contributed by atoms with Crippen molar-refractivity contribution in [2.24, 2.45) is 0 Å². The van der Waals surface area contributed by atoms with Crippen LogP contribution in [-0.2, 0) is 16.6 Å². The monoisotopic (exact) mass is 537 g/mol. The number of aryl methyl sites for hydroxylation is 2. The molecule has 192 valence electrons. The molecule has 3 aromatic heterocycles. The van der Waals surface area contributed by atoms with Crippen LogP contribution in [0.5, 0.6) is 11.6 Å². The lowest BCUT2D eigenvalue weighted by molar-refractivity contribution is 0.209. The van der Waals surface area contributed by atoms with Crippen molar-refractivity contribution < 1.29 is 13.2 Å². The molecular formula is C25H27N7O3S2. The van der Waals surface area contributed by atoms with E-state index in [1.165, 1.54) is 17.7 Å². The van der Waals surface area contributed by atoms with Crippen molar-refractivity contribution in [3.05, 3.63) is 58.5 Å². The summed E-state index contributed by atoms with van der Waals surface area (Å²) >= 11 is 1.53. The molecule has 0 spiro atoms. The van der Waals surface area contributed by atoms with Crippen molar-refractivity contribution in [3.8, 4) is 17.7 Å².